The molecule has 0 radical (unpaired) electrons. The SMILES string of the molecule is CCOc1ccc2c(c1)OC(c1ccc(O)cc1OCC)CC2. The average molecular weight is 314 g/mol. The van der Waals surface area contributed by atoms with Crippen molar-refractivity contribution in [2.24, 2.45) is 0 Å². The Hall–Kier alpha value is -2.36. The molecule has 1 heterocycles. The lowest BCUT2D eigenvalue weighted by molar-refractivity contribution is 0.170. The van der Waals surface area contributed by atoms with Gasteiger partial charge >= 0.3 is 0 Å². The zero-order chi connectivity index (χ0) is 16.2. The third-order valence-electron chi connectivity index (χ3n) is 3.94. The number of rotatable bonds is 5. The summed E-state index contributed by atoms with van der Waals surface area (Å²) in [6, 6.07) is 11.2. The van der Waals surface area contributed by atoms with Gasteiger partial charge in [-0.15, -0.1) is 0 Å². The van der Waals surface area contributed by atoms with Crippen molar-refractivity contribution in [1.82, 2.24) is 0 Å². The number of benzene rings is 2. The Morgan fingerprint density at radius 3 is 2.70 bits per heavy atom. The van der Waals surface area contributed by atoms with E-state index >= 15 is 0 Å². The van der Waals surface area contributed by atoms with Crippen LogP contribution in [0.4, 0.5) is 0 Å². The zero-order valence-corrected chi connectivity index (χ0v) is 13.5. The molecule has 0 saturated heterocycles. The topological polar surface area (TPSA) is 47.9 Å². The van der Waals surface area contributed by atoms with Gasteiger partial charge in [-0.3, -0.25) is 0 Å². The lowest BCUT2D eigenvalue weighted by Gasteiger charge is -2.28. The summed E-state index contributed by atoms with van der Waals surface area (Å²) < 4.78 is 17.4. The van der Waals surface area contributed by atoms with Gasteiger partial charge in [-0.25, -0.2) is 0 Å². The summed E-state index contributed by atoms with van der Waals surface area (Å²) in [7, 11) is 0. The number of phenolic OH excluding ortho intramolecular Hbond substituents is 1. The number of ether oxygens (including phenoxy) is 3. The summed E-state index contributed by atoms with van der Waals surface area (Å²) in [5, 5.41) is 9.68. The number of hydrogen-bond donors (Lipinski definition) is 1. The molecule has 1 aliphatic heterocycles. The second-order valence-corrected chi connectivity index (χ2v) is 5.50. The number of aromatic hydroxyl groups is 1. The van der Waals surface area contributed by atoms with Gasteiger partial charge in [0.1, 0.15) is 29.1 Å². The van der Waals surface area contributed by atoms with Crippen LogP contribution in [0.2, 0.25) is 0 Å². The van der Waals surface area contributed by atoms with Crippen molar-refractivity contribution in [1.29, 1.82) is 0 Å². The van der Waals surface area contributed by atoms with Gasteiger partial charge in [-0.2, -0.15) is 0 Å². The Morgan fingerprint density at radius 2 is 1.91 bits per heavy atom. The molecule has 1 unspecified atom stereocenters. The van der Waals surface area contributed by atoms with Gasteiger partial charge in [0.25, 0.3) is 0 Å². The van der Waals surface area contributed by atoms with Crippen LogP contribution in [0.25, 0.3) is 0 Å². The summed E-state index contributed by atoms with van der Waals surface area (Å²) in [6.45, 7) is 5.08. The zero-order valence-electron chi connectivity index (χ0n) is 13.5. The fraction of sp³-hybridized carbons (Fsp3) is 0.368. The van der Waals surface area contributed by atoms with Gasteiger partial charge in [0.15, 0.2) is 0 Å². The molecule has 23 heavy (non-hydrogen) atoms. The van der Waals surface area contributed by atoms with E-state index in [9.17, 15) is 5.11 Å². The summed E-state index contributed by atoms with van der Waals surface area (Å²) in [5.41, 5.74) is 2.17. The Balaban J connectivity index is 1.88. The minimum Gasteiger partial charge on any atom is -0.508 e. The van der Waals surface area contributed by atoms with E-state index in [2.05, 4.69) is 6.07 Å². The number of phenols is 1. The van der Waals surface area contributed by atoms with E-state index in [0.717, 1.165) is 29.9 Å². The summed E-state index contributed by atoms with van der Waals surface area (Å²) in [4.78, 5) is 0. The molecular weight excluding hydrogens is 292 g/mol. The predicted molar refractivity (Wildman–Crippen MR) is 88.6 cm³/mol. The third-order valence-corrected chi connectivity index (χ3v) is 3.94. The number of hydrogen-bond acceptors (Lipinski definition) is 4. The Bertz CT molecular complexity index is 681. The van der Waals surface area contributed by atoms with Gasteiger partial charge in [0.2, 0.25) is 0 Å². The first-order valence-corrected chi connectivity index (χ1v) is 8.09. The molecule has 1 N–H and O–H groups in total. The largest absolute Gasteiger partial charge is 0.508 e. The van der Waals surface area contributed by atoms with E-state index in [4.69, 9.17) is 14.2 Å². The maximum absolute atomic E-state index is 9.68. The highest BCUT2D eigenvalue weighted by molar-refractivity contribution is 5.46. The molecule has 1 atom stereocenters. The summed E-state index contributed by atoms with van der Waals surface area (Å²) >= 11 is 0. The molecule has 0 aliphatic carbocycles. The number of fused-ring (bicyclic) bond motifs is 1. The molecule has 122 valence electrons. The minimum atomic E-state index is -0.0819. The van der Waals surface area contributed by atoms with Crippen LogP contribution in [0, 0.1) is 0 Å². The van der Waals surface area contributed by atoms with E-state index < -0.39 is 0 Å². The molecule has 4 nitrogen and oxygen atoms in total. The third kappa shape index (κ3) is 3.36. The van der Waals surface area contributed by atoms with Crippen molar-refractivity contribution in [2.75, 3.05) is 13.2 Å². The second-order valence-electron chi connectivity index (χ2n) is 5.50. The molecule has 0 fully saturated rings. The van der Waals surface area contributed by atoms with Crippen LogP contribution < -0.4 is 14.2 Å². The van der Waals surface area contributed by atoms with Crippen LogP contribution in [0.5, 0.6) is 23.0 Å². The van der Waals surface area contributed by atoms with Gasteiger partial charge in [-0.1, -0.05) is 6.07 Å². The van der Waals surface area contributed by atoms with Crippen LogP contribution in [-0.4, -0.2) is 18.3 Å². The molecule has 1 aliphatic rings. The molecule has 0 bridgehead atoms. The summed E-state index contributed by atoms with van der Waals surface area (Å²) in [6.07, 6.45) is 1.74. The Kier molecular flexibility index (Phi) is 4.60. The highest BCUT2D eigenvalue weighted by Gasteiger charge is 2.24. The maximum atomic E-state index is 9.68. The smallest absolute Gasteiger partial charge is 0.129 e. The summed E-state index contributed by atoms with van der Waals surface area (Å²) in [5.74, 6) is 2.57. The fourth-order valence-electron chi connectivity index (χ4n) is 2.89. The van der Waals surface area contributed by atoms with Crippen molar-refractivity contribution in [3.8, 4) is 23.0 Å². The minimum absolute atomic E-state index is 0.0819. The standard InChI is InChI=1S/C19H22O4/c1-3-21-15-8-5-13-6-10-17(23-18(13)12-15)16-9-7-14(20)11-19(16)22-4-2/h5,7-9,11-12,17,20H,3-4,6,10H2,1-2H3. The first-order chi connectivity index (χ1) is 11.2. The van der Waals surface area contributed by atoms with Gasteiger partial charge in [-0.05, 0) is 50.5 Å². The van der Waals surface area contributed by atoms with E-state index in [-0.39, 0.29) is 11.9 Å². The molecule has 2 aromatic rings. The van der Waals surface area contributed by atoms with Crippen LogP contribution >= 0.6 is 0 Å². The van der Waals surface area contributed by atoms with Crippen molar-refractivity contribution in [3.05, 3.63) is 47.5 Å². The van der Waals surface area contributed by atoms with E-state index in [1.54, 1.807) is 12.1 Å². The monoisotopic (exact) mass is 314 g/mol. The van der Waals surface area contributed by atoms with Crippen molar-refractivity contribution >= 4 is 0 Å². The van der Waals surface area contributed by atoms with Gasteiger partial charge in [0, 0.05) is 17.7 Å². The molecule has 3 rings (SSSR count). The first kappa shape index (κ1) is 15.5. The van der Waals surface area contributed by atoms with Crippen LogP contribution in [0.1, 0.15) is 37.5 Å². The molecule has 4 heteroatoms. The van der Waals surface area contributed by atoms with Gasteiger partial charge in [0.05, 0.1) is 13.2 Å². The van der Waals surface area contributed by atoms with Crippen LogP contribution in [0.15, 0.2) is 36.4 Å². The van der Waals surface area contributed by atoms with Crippen LogP contribution in [-0.2, 0) is 6.42 Å². The Labute approximate surface area is 136 Å². The second kappa shape index (κ2) is 6.82. The highest BCUT2D eigenvalue weighted by Crippen LogP contribution is 2.40. The van der Waals surface area contributed by atoms with Crippen molar-refractivity contribution in [2.45, 2.75) is 32.8 Å². The maximum Gasteiger partial charge on any atom is 0.129 e. The Morgan fingerprint density at radius 1 is 1.09 bits per heavy atom. The average Bonchev–Trinajstić information content (AvgIpc) is 2.55. The van der Waals surface area contributed by atoms with E-state index in [1.165, 1.54) is 5.56 Å². The van der Waals surface area contributed by atoms with Crippen molar-refractivity contribution < 1.29 is 19.3 Å². The molecule has 0 aromatic heterocycles. The molecular formula is C19H22O4. The number of aryl methyl sites for hydroxylation is 1. The lowest BCUT2D eigenvalue weighted by atomic mass is 9.96. The highest BCUT2D eigenvalue weighted by atomic mass is 16.5. The first-order valence-electron chi connectivity index (χ1n) is 8.09. The predicted octanol–water partition coefficient (Wildman–Crippen LogP) is 4.26. The quantitative estimate of drug-likeness (QED) is 0.896. The van der Waals surface area contributed by atoms with Crippen molar-refractivity contribution in [3.63, 3.8) is 0 Å². The molecule has 0 amide bonds. The lowest BCUT2D eigenvalue weighted by Crippen LogP contribution is -2.16. The molecule has 0 spiro atoms. The normalized spacial score (nSPS) is 16.3. The molecule has 2 aromatic carbocycles. The van der Waals surface area contributed by atoms with Crippen LogP contribution in [0.3, 0.4) is 0 Å². The van der Waals surface area contributed by atoms with Gasteiger partial charge < -0.3 is 19.3 Å². The fourth-order valence-corrected chi connectivity index (χ4v) is 2.89. The van der Waals surface area contributed by atoms with E-state index in [0.29, 0.717) is 19.0 Å². The molecule has 0 saturated carbocycles. The van der Waals surface area contributed by atoms with E-state index in [1.807, 2.05) is 32.0 Å².